The van der Waals surface area contributed by atoms with Crippen LogP contribution in [0.25, 0.3) is 5.57 Å². The summed E-state index contributed by atoms with van der Waals surface area (Å²) < 4.78 is 10.4. The number of aliphatic hydroxyl groups excluding tert-OH is 1. The number of rotatable bonds is 5. The minimum Gasteiger partial charge on any atom is -0.502 e. The molecule has 0 spiro atoms. The van der Waals surface area contributed by atoms with E-state index in [0.717, 1.165) is 4.90 Å². The van der Waals surface area contributed by atoms with Gasteiger partial charge in [-0.3, -0.25) is 14.5 Å². The van der Waals surface area contributed by atoms with Crippen molar-refractivity contribution in [1.29, 1.82) is 0 Å². The molecular weight excluding hydrogens is 358 g/mol. The number of halogens is 1. The molecule has 1 N–H and O–H groups in total. The summed E-state index contributed by atoms with van der Waals surface area (Å²) in [6, 6.07) is 11.4. The number of hydrogen-bond donors (Lipinski definition) is 1. The Hall–Kier alpha value is -2.99. The monoisotopic (exact) mass is 373 g/mol. The van der Waals surface area contributed by atoms with E-state index < -0.39 is 17.6 Å². The smallest absolute Gasteiger partial charge is 0.296 e. The lowest BCUT2D eigenvalue weighted by atomic mass is 10.1. The van der Waals surface area contributed by atoms with Crippen molar-refractivity contribution in [1.82, 2.24) is 4.90 Å². The van der Waals surface area contributed by atoms with Crippen LogP contribution in [-0.4, -0.2) is 36.0 Å². The number of carbonyl (C=O) groups excluding carboxylic acids is 2. The van der Waals surface area contributed by atoms with Gasteiger partial charge in [0.05, 0.1) is 26.3 Å². The molecular formula is C19H16ClNO5. The second kappa shape index (κ2) is 7.09. The van der Waals surface area contributed by atoms with Crippen molar-refractivity contribution in [2.75, 3.05) is 14.2 Å². The SMILES string of the molecule is COc1ccc(CN2C(=O)C(O)=C(c3ccc(Cl)cc3)C2=O)cc1OC. The Morgan fingerprint density at radius 3 is 2.23 bits per heavy atom. The predicted molar refractivity (Wildman–Crippen MR) is 96.1 cm³/mol. The molecule has 7 heteroatoms. The molecule has 3 rings (SSSR count). The Balaban J connectivity index is 1.88. The molecule has 0 bridgehead atoms. The zero-order valence-electron chi connectivity index (χ0n) is 14.2. The first-order valence-corrected chi connectivity index (χ1v) is 8.10. The van der Waals surface area contributed by atoms with Crippen LogP contribution < -0.4 is 9.47 Å². The molecule has 1 aliphatic heterocycles. The molecule has 2 aromatic rings. The lowest BCUT2D eigenvalue weighted by Gasteiger charge is -2.16. The van der Waals surface area contributed by atoms with Crippen LogP contribution in [0.2, 0.25) is 5.02 Å². The molecule has 0 saturated heterocycles. The van der Waals surface area contributed by atoms with Crippen molar-refractivity contribution in [3.8, 4) is 11.5 Å². The fourth-order valence-electron chi connectivity index (χ4n) is 2.75. The zero-order chi connectivity index (χ0) is 18.8. The third kappa shape index (κ3) is 3.11. The number of methoxy groups -OCH3 is 2. The van der Waals surface area contributed by atoms with Crippen LogP contribution in [0.4, 0.5) is 0 Å². The highest BCUT2D eigenvalue weighted by molar-refractivity contribution is 6.35. The molecule has 2 aromatic carbocycles. The van der Waals surface area contributed by atoms with Gasteiger partial charge in [-0.15, -0.1) is 0 Å². The Morgan fingerprint density at radius 2 is 1.62 bits per heavy atom. The summed E-state index contributed by atoms with van der Waals surface area (Å²) in [5.74, 6) is -0.852. The van der Waals surface area contributed by atoms with Crippen LogP contribution in [0.5, 0.6) is 11.5 Å². The second-order valence-corrected chi connectivity index (χ2v) is 6.05. The van der Waals surface area contributed by atoms with Gasteiger partial charge in [0.25, 0.3) is 11.8 Å². The van der Waals surface area contributed by atoms with Gasteiger partial charge in [-0.2, -0.15) is 0 Å². The highest BCUT2D eigenvalue weighted by Gasteiger charge is 2.39. The molecule has 0 aromatic heterocycles. The van der Waals surface area contributed by atoms with Crippen molar-refractivity contribution in [3.63, 3.8) is 0 Å². The van der Waals surface area contributed by atoms with E-state index in [2.05, 4.69) is 0 Å². The van der Waals surface area contributed by atoms with Gasteiger partial charge in [-0.25, -0.2) is 0 Å². The zero-order valence-corrected chi connectivity index (χ0v) is 14.9. The van der Waals surface area contributed by atoms with Gasteiger partial charge in [-0.05, 0) is 35.4 Å². The average molecular weight is 374 g/mol. The number of hydrogen-bond acceptors (Lipinski definition) is 5. The Labute approximate surface area is 155 Å². The van der Waals surface area contributed by atoms with Crippen LogP contribution in [0, 0.1) is 0 Å². The number of aliphatic hydroxyl groups is 1. The molecule has 26 heavy (non-hydrogen) atoms. The van der Waals surface area contributed by atoms with E-state index in [1.165, 1.54) is 14.2 Å². The summed E-state index contributed by atoms with van der Waals surface area (Å²) in [6.07, 6.45) is 0. The predicted octanol–water partition coefficient (Wildman–Crippen LogP) is 3.20. The van der Waals surface area contributed by atoms with Gasteiger partial charge in [0.1, 0.15) is 0 Å². The highest BCUT2D eigenvalue weighted by Crippen LogP contribution is 2.32. The van der Waals surface area contributed by atoms with Crippen LogP contribution in [0.1, 0.15) is 11.1 Å². The van der Waals surface area contributed by atoms with Gasteiger partial charge in [-0.1, -0.05) is 29.8 Å². The summed E-state index contributed by atoms with van der Waals surface area (Å²) in [6.45, 7) is -0.000823. The second-order valence-electron chi connectivity index (χ2n) is 5.62. The number of nitrogens with zero attached hydrogens (tertiary/aromatic N) is 1. The summed E-state index contributed by atoms with van der Waals surface area (Å²) in [7, 11) is 3.02. The first-order valence-electron chi connectivity index (χ1n) is 7.72. The summed E-state index contributed by atoms with van der Waals surface area (Å²) in [4.78, 5) is 26.0. The molecule has 0 saturated carbocycles. The lowest BCUT2D eigenvalue weighted by Crippen LogP contribution is -2.31. The topological polar surface area (TPSA) is 76.1 Å². The van der Waals surface area contributed by atoms with Crippen molar-refractivity contribution in [3.05, 3.63) is 64.4 Å². The van der Waals surface area contributed by atoms with Crippen LogP contribution in [0.15, 0.2) is 48.2 Å². The fourth-order valence-corrected chi connectivity index (χ4v) is 2.87. The van der Waals surface area contributed by atoms with Gasteiger partial charge >= 0.3 is 0 Å². The van der Waals surface area contributed by atoms with E-state index in [0.29, 0.717) is 27.6 Å². The number of benzene rings is 2. The van der Waals surface area contributed by atoms with Crippen molar-refractivity contribution >= 4 is 29.0 Å². The van der Waals surface area contributed by atoms with E-state index in [9.17, 15) is 14.7 Å². The Kier molecular flexibility index (Phi) is 4.86. The van der Waals surface area contributed by atoms with E-state index >= 15 is 0 Å². The maximum Gasteiger partial charge on any atom is 0.296 e. The number of imide groups is 1. The van der Waals surface area contributed by atoms with Gasteiger partial charge < -0.3 is 14.6 Å². The number of amides is 2. The van der Waals surface area contributed by atoms with E-state index in [1.807, 2.05) is 0 Å². The quantitative estimate of drug-likeness (QED) is 0.814. The number of ether oxygens (including phenoxy) is 2. The molecule has 1 aliphatic rings. The van der Waals surface area contributed by atoms with Crippen molar-refractivity contribution < 1.29 is 24.2 Å². The molecule has 2 amide bonds. The third-order valence-corrected chi connectivity index (χ3v) is 4.32. The lowest BCUT2D eigenvalue weighted by molar-refractivity contribution is -0.138. The molecule has 1 heterocycles. The van der Waals surface area contributed by atoms with Gasteiger partial charge in [0, 0.05) is 5.02 Å². The first-order chi connectivity index (χ1) is 12.5. The Morgan fingerprint density at radius 1 is 0.962 bits per heavy atom. The van der Waals surface area contributed by atoms with Crippen LogP contribution in [-0.2, 0) is 16.1 Å². The third-order valence-electron chi connectivity index (χ3n) is 4.07. The molecule has 0 atom stereocenters. The van der Waals surface area contributed by atoms with Crippen LogP contribution >= 0.6 is 11.6 Å². The molecule has 6 nitrogen and oxygen atoms in total. The maximum atomic E-state index is 12.7. The summed E-state index contributed by atoms with van der Waals surface area (Å²) >= 11 is 5.85. The molecule has 0 unspecified atom stereocenters. The molecule has 134 valence electrons. The standard InChI is InChI=1S/C19H16ClNO5/c1-25-14-8-3-11(9-15(14)26-2)10-21-18(23)16(17(22)19(21)24)12-4-6-13(20)7-5-12/h3-9,22H,10H2,1-2H3. The van der Waals surface area contributed by atoms with E-state index in [4.69, 9.17) is 21.1 Å². The van der Waals surface area contributed by atoms with E-state index in [1.54, 1.807) is 42.5 Å². The Bertz CT molecular complexity index is 905. The van der Waals surface area contributed by atoms with Crippen molar-refractivity contribution in [2.45, 2.75) is 6.54 Å². The minimum absolute atomic E-state index is 0.000823. The highest BCUT2D eigenvalue weighted by atomic mass is 35.5. The molecule has 0 aliphatic carbocycles. The van der Waals surface area contributed by atoms with Crippen LogP contribution in [0.3, 0.4) is 0 Å². The van der Waals surface area contributed by atoms with Gasteiger partial charge in [0.15, 0.2) is 17.3 Å². The maximum absolute atomic E-state index is 12.7. The fraction of sp³-hybridized carbons (Fsp3) is 0.158. The number of carbonyl (C=O) groups is 2. The minimum atomic E-state index is -0.741. The normalized spacial score (nSPS) is 14.2. The summed E-state index contributed by atoms with van der Waals surface area (Å²) in [5, 5.41) is 10.7. The average Bonchev–Trinajstić information content (AvgIpc) is 2.86. The first kappa shape index (κ1) is 17.8. The molecule has 0 radical (unpaired) electrons. The molecule has 0 fully saturated rings. The summed E-state index contributed by atoms with van der Waals surface area (Å²) in [5.41, 5.74) is 1.06. The largest absolute Gasteiger partial charge is 0.502 e. The van der Waals surface area contributed by atoms with Crippen molar-refractivity contribution in [2.24, 2.45) is 0 Å². The van der Waals surface area contributed by atoms with E-state index in [-0.39, 0.29) is 12.1 Å². The van der Waals surface area contributed by atoms with Gasteiger partial charge in [0.2, 0.25) is 0 Å².